The van der Waals surface area contributed by atoms with Crippen molar-refractivity contribution in [1.82, 2.24) is 10.3 Å². The molecule has 1 N–H and O–H groups in total. The summed E-state index contributed by atoms with van der Waals surface area (Å²) in [5.74, 6) is 0.469. The Morgan fingerprint density at radius 3 is 2.94 bits per heavy atom. The van der Waals surface area contributed by atoms with Gasteiger partial charge in [-0.15, -0.1) is 11.3 Å². The van der Waals surface area contributed by atoms with Gasteiger partial charge in [0.25, 0.3) is 0 Å². The second-order valence-corrected chi connectivity index (χ2v) is 4.46. The molecule has 0 aliphatic heterocycles. The van der Waals surface area contributed by atoms with Gasteiger partial charge in [-0.25, -0.2) is 4.39 Å². The maximum Gasteiger partial charge on any atom is 0.141 e. The molecular weight excluding hydrogens is 239 g/mol. The number of nitrogens with one attached hydrogen (secondary N) is 1. The molecule has 0 saturated heterocycles. The Morgan fingerprint density at radius 1 is 1.47 bits per heavy atom. The van der Waals surface area contributed by atoms with E-state index in [1.807, 2.05) is 18.5 Å². The monoisotopic (exact) mass is 252 g/mol. The SMILES string of the molecule is CNC(c1cncc(F)c1)c1sccc1OC. The fourth-order valence-electron chi connectivity index (χ4n) is 1.72. The fraction of sp³-hybridized carbons (Fsp3) is 0.250. The summed E-state index contributed by atoms with van der Waals surface area (Å²) in [6, 6.07) is 3.28. The Hall–Kier alpha value is -1.46. The molecule has 0 aliphatic rings. The van der Waals surface area contributed by atoms with Crippen molar-refractivity contribution in [3.05, 3.63) is 46.2 Å². The highest BCUT2D eigenvalue weighted by atomic mass is 32.1. The van der Waals surface area contributed by atoms with Crippen LogP contribution >= 0.6 is 11.3 Å². The van der Waals surface area contributed by atoms with E-state index in [-0.39, 0.29) is 11.9 Å². The summed E-state index contributed by atoms with van der Waals surface area (Å²) in [5.41, 5.74) is 0.785. The molecule has 0 amide bonds. The van der Waals surface area contributed by atoms with Crippen molar-refractivity contribution >= 4 is 11.3 Å². The molecule has 0 aromatic carbocycles. The Balaban J connectivity index is 2.40. The van der Waals surface area contributed by atoms with E-state index >= 15 is 0 Å². The Morgan fingerprint density at radius 2 is 2.29 bits per heavy atom. The predicted octanol–water partition coefficient (Wildman–Crippen LogP) is 2.60. The Labute approximate surface area is 103 Å². The number of rotatable bonds is 4. The largest absolute Gasteiger partial charge is 0.496 e. The highest BCUT2D eigenvalue weighted by molar-refractivity contribution is 7.10. The van der Waals surface area contributed by atoms with Crippen molar-refractivity contribution in [1.29, 1.82) is 0 Å². The van der Waals surface area contributed by atoms with Crippen molar-refractivity contribution in [3.8, 4) is 5.75 Å². The van der Waals surface area contributed by atoms with Gasteiger partial charge in [-0.1, -0.05) is 0 Å². The van der Waals surface area contributed by atoms with E-state index in [4.69, 9.17) is 4.74 Å². The van der Waals surface area contributed by atoms with E-state index in [9.17, 15) is 4.39 Å². The highest BCUT2D eigenvalue weighted by Crippen LogP contribution is 2.34. The summed E-state index contributed by atoms with van der Waals surface area (Å²) in [4.78, 5) is 4.88. The van der Waals surface area contributed by atoms with Gasteiger partial charge in [0.1, 0.15) is 11.6 Å². The van der Waals surface area contributed by atoms with E-state index in [1.165, 1.54) is 12.3 Å². The summed E-state index contributed by atoms with van der Waals surface area (Å²) in [6.45, 7) is 0. The molecule has 90 valence electrons. The topological polar surface area (TPSA) is 34.2 Å². The zero-order chi connectivity index (χ0) is 12.3. The number of nitrogens with zero attached hydrogens (tertiary/aromatic N) is 1. The third kappa shape index (κ3) is 2.45. The lowest BCUT2D eigenvalue weighted by atomic mass is 10.1. The number of ether oxygens (including phenoxy) is 1. The minimum Gasteiger partial charge on any atom is -0.496 e. The zero-order valence-corrected chi connectivity index (χ0v) is 10.4. The lowest BCUT2D eigenvalue weighted by Crippen LogP contribution is -2.17. The number of hydrogen-bond acceptors (Lipinski definition) is 4. The molecule has 0 bridgehead atoms. The number of methoxy groups -OCH3 is 1. The average molecular weight is 252 g/mol. The molecule has 2 aromatic heterocycles. The lowest BCUT2D eigenvalue weighted by Gasteiger charge is -2.16. The number of hydrogen-bond donors (Lipinski definition) is 1. The fourth-order valence-corrected chi connectivity index (χ4v) is 2.72. The van der Waals surface area contributed by atoms with Crippen LogP contribution in [0.25, 0.3) is 0 Å². The van der Waals surface area contributed by atoms with Crippen LogP contribution in [0.2, 0.25) is 0 Å². The quantitative estimate of drug-likeness (QED) is 0.908. The first-order chi connectivity index (χ1) is 8.26. The van der Waals surface area contributed by atoms with Gasteiger partial charge in [0.15, 0.2) is 0 Å². The third-order valence-electron chi connectivity index (χ3n) is 2.49. The van der Waals surface area contributed by atoms with Crippen molar-refractivity contribution < 1.29 is 9.13 Å². The maximum atomic E-state index is 13.2. The van der Waals surface area contributed by atoms with Gasteiger partial charge in [0.2, 0.25) is 0 Å². The molecule has 0 radical (unpaired) electrons. The van der Waals surface area contributed by atoms with Crippen LogP contribution < -0.4 is 10.1 Å². The summed E-state index contributed by atoms with van der Waals surface area (Å²) in [7, 11) is 3.46. The molecule has 2 heterocycles. The highest BCUT2D eigenvalue weighted by Gasteiger charge is 2.18. The van der Waals surface area contributed by atoms with Crippen molar-refractivity contribution in [2.45, 2.75) is 6.04 Å². The van der Waals surface area contributed by atoms with Crippen LogP contribution in [-0.4, -0.2) is 19.1 Å². The molecule has 0 fully saturated rings. The van der Waals surface area contributed by atoms with Gasteiger partial charge in [0, 0.05) is 6.20 Å². The van der Waals surface area contributed by atoms with E-state index in [1.54, 1.807) is 24.6 Å². The van der Waals surface area contributed by atoms with E-state index in [2.05, 4.69) is 10.3 Å². The van der Waals surface area contributed by atoms with Gasteiger partial charge >= 0.3 is 0 Å². The average Bonchev–Trinajstić information content (AvgIpc) is 2.78. The lowest BCUT2D eigenvalue weighted by molar-refractivity contribution is 0.408. The summed E-state index contributed by atoms with van der Waals surface area (Å²) in [6.07, 6.45) is 2.85. The minimum atomic E-state index is -0.335. The van der Waals surface area contributed by atoms with Gasteiger partial charge in [0.05, 0.1) is 24.2 Å². The first kappa shape index (κ1) is 12.0. The van der Waals surface area contributed by atoms with Crippen LogP contribution in [0.3, 0.4) is 0 Å². The normalized spacial score (nSPS) is 12.4. The van der Waals surface area contributed by atoms with Gasteiger partial charge in [-0.05, 0) is 30.1 Å². The second-order valence-electron chi connectivity index (χ2n) is 3.51. The summed E-state index contributed by atoms with van der Waals surface area (Å²) < 4.78 is 18.4. The molecule has 0 aliphatic carbocycles. The summed E-state index contributed by atoms with van der Waals surface area (Å²) >= 11 is 1.57. The molecule has 0 spiro atoms. The molecule has 2 rings (SSSR count). The van der Waals surface area contributed by atoms with E-state index in [0.717, 1.165) is 16.2 Å². The second kappa shape index (κ2) is 5.25. The number of aromatic nitrogens is 1. The molecule has 17 heavy (non-hydrogen) atoms. The van der Waals surface area contributed by atoms with Crippen LogP contribution in [0, 0.1) is 5.82 Å². The van der Waals surface area contributed by atoms with Crippen LogP contribution in [0.5, 0.6) is 5.75 Å². The number of thiophene rings is 1. The molecule has 0 saturated carbocycles. The van der Waals surface area contributed by atoms with Gasteiger partial charge < -0.3 is 10.1 Å². The van der Waals surface area contributed by atoms with Crippen LogP contribution in [0.4, 0.5) is 4.39 Å². The van der Waals surface area contributed by atoms with Crippen LogP contribution in [0.15, 0.2) is 29.9 Å². The molecule has 1 unspecified atom stereocenters. The van der Waals surface area contributed by atoms with Crippen molar-refractivity contribution in [2.24, 2.45) is 0 Å². The Bertz CT molecular complexity index is 501. The molecular formula is C12H13FN2OS. The van der Waals surface area contributed by atoms with Crippen LogP contribution in [0.1, 0.15) is 16.5 Å². The predicted molar refractivity (Wildman–Crippen MR) is 66.0 cm³/mol. The standard InChI is InChI=1S/C12H13FN2OS/c1-14-11(8-5-9(13)7-15-6-8)12-10(16-2)3-4-17-12/h3-7,11,14H,1-2H3. The maximum absolute atomic E-state index is 13.2. The smallest absolute Gasteiger partial charge is 0.141 e. The molecule has 1 atom stereocenters. The number of pyridine rings is 1. The van der Waals surface area contributed by atoms with E-state index < -0.39 is 0 Å². The van der Waals surface area contributed by atoms with E-state index in [0.29, 0.717) is 0 Å². The minimum absolute atomic E-state index is 0.104. The molecule has 5 heteroatoms. The van der Waals surface area contributed by atoms with Gasteiger partial charge in [-0.2, -0.15) is 0 Å². The third-order valence-corrected chi connectivity index (χ3v) is 3.45. The zero-order valence-electron chi connectivity index (χ0n) is 9.61. The van der Waals surface area contributed by atoms with Crippen molar-refractivity contribution in [2.75, 3.05) is 14.2 Å². The summed E-state index contributed by atoms with van der Waals surface area (Å²) in [5, 5.41) is 5.10. The van der Waals surface area contributed by atoms with Crippen LogP contribution in [-0.2, 0) is 0 Å². The Kier molecular flexibility index (Phi) is 3.71. The number of halogens is 1. The first-order valence-corrected chi connectivity index (χ1v) is 6.03. The van der Waals surface area contributed by atoms with Gasteiger partial charge in [-0.3, -0.25) is 4.98 Å². The first-order valence-electron chi connectivity index (χ1n) is 5.15. The molecule has 3 nitrogen and oxygen atoms in total. The van der Waals surface area contributed by atoms with Crippen molar-refractivity contribution in [3.63, 3.8) is 0 Å². The molecule has 2 aromatic rings.